The first-order chi connectivity index (χ1) is 10.5. The zero-order valence-electron chi connectivity index (χ0n) is 11.8. The predicted octanol–water partition coefficient (Wildman–Crippen LogP) is 3.64. The number of nitrogens with one attached hydrogen (secondary N) is 2. The first-order valence-electron chi connectivity index (χ1n) is 6.69. The quantitative estimate of drug-likeness (QED) is 0.571. The Morgan fingerprint density at radius 3 is 2.73 bits per heavy atom. The van der Waals surface area contributed by atoms with Crippen LogP contribution >= 0.6 is 0 Å². The molecule has 0 spiro atoms. The van der Waals surface area contributed by atoms with Crippen molar-refractivity contribution >= 4 is 28.2 Å². The minimum Gasteiger partial charge on any atom is -0.359 e. The molecule has 1 aromatic heterocycles. The molecule has 1 heterocycles. The Hall–Kier alpha value is -3.15. The monoisotopic (exact) mass is 295 g/mol. The second-order valence-corrected chi connectivity index (χ2v) is 4.98. The zero-order chi connectivity index (χ0) is 15.7. The molecule has 3 aromatic rings. The van der Waals surface area contributed by atoms with Gasteiger partial charge in [-0.1, -0.05) is 12.1 Å². The van der Waals surface area contributed by atoms with Crippen molar-refractivity contribution in [3.63, 3.8) is 0 Å². The fourth-order valence-corrected chi connectivity index (χ4v) is 2.38. The maximum Gasteiger partial charge on any atom is 0.282 e. The van der Waals surface area contributed by atoms with Crippen LogP contribution in [0.15, 0.2) is 48.5 Å². The maximum absolute atomic E-state index is 12.3. The molecular weight excluding hydrogens is 282 g/mol. The number of aromatic nitrogens is 1. The largest absolute Gasteiger partial charge is 0.359 e. The van der Waals surface area contributed by atoms with Gasteiger partial charge in [0.15, 0.2) is 0 Å². The summed E-state index contributed by atoms with van der Waals surface area (Å²) in [6.07, 6.45) is 0. The van der Waals surface area contributed by atoms with Crippen molar-refractivity contribution in [2.24, 2.45) is 0 Å². The van der Waals surface area contributed by atoms with Crippen LogP contribution in [0, 0.1) is 17.0 Å². The number of nitrogens with zero attached hydrogens (tertiary/aromatic N) is 1. The van der Waals surface area contributed by atoms with Gasteiger partial charge in [-0.25, -0.2) is 0 Å². The normalized spacial score (nSPS) is 10.6. The van der Waals surface area contributed by atoms with E-state index in [1.165, 1.54) is 18.2 Å². The van der Waals surface area contributed by atoms with Crippen LogP contribution in [-0.2, 0) is 0 Å². The van der Waals surface area contributed by atoms with Crippen molar-refractivity contribution in [1.29, 1.82) is 0 Å². The molecule has 6 nitrogen and oxygen atoms in total. The van der Waals surface area contributed by atoms with Gasteiger partial charge < -0.3 is 10.3 Å². The van der Waals surface area contributed by atoms with E-state index in [0.29, 0.717) is 5.69 Å². The minimum absolute atomic E-state index is 0.0397. The zero-order valence-corrected chi connectivity index (χ0v) is 11.8. The molecule has 2 aromatic carbocycles. The van der Waals surface area contributed by atoms with Crippen molar-refractivity contribution in [2.75, 3.05) is 5.32 Å². The standard InChI is InChI=1S/C16H13N3O3/c1-10-8-11-9-12(6-7-14(11)17-10)18-16(20)13-4-2-3-5-15(13)19(21)22/h2-9,17H,1H3,(H,18,20). The van der Waals surface area contributed by atoms with Crippen molar-refractivity contribution in [2.45, 2.75) is 6.92 Å². The number of fused-ring (bicyclic) bond motifs is 1. The molecule has 0 saturated carbocycles. The molecule has 6 heteroatoms. The summed E-state index contributed by atoms with van der Waals surface area (Å²) in [6, 6.07) is 13.3. The molecule has 0 atom stereocenters. The molecule has 0 bridgehead atoms. The van der Waals surface area contributed by atoms with Crippen molar-refractivity contribution in [1.82, 2.24) is 4.98 Å². The van der Waals surface area contributed by atoms with Gasteiger partial charge in [0.05, 0.1) is 4.92 Å². The van der Waals surface area contributed by atoms with Gasteiger partial charge in [0.2, 0.25) is 0 Å². The molecule has 0 aliphatic rings. The van der Waals surface area contributed by atoms with Gasteiger partial charge in [-0.2, -0.15) is 0 Å². The lowest BCUT2D eigenvalue weighted by molar-refractivity contribution is -0.385. The Labute approximate surface area is 125 Å². The molecule has 0 radical (unpaired) electrons. The lowest BCUT2D eigenvalue weighted by atomic mass is 10.1. The molecule has 0 aliphatic carbocycles. The van der Waals surface area contributed by atoms with Crippen molar-refractivity contribution in [3.8, 4) is 0 Å². The van der Waals surface area contributed by atoms with E-state index in [1.807, 2.05) is 25.1 Å². The van der Waals surface area contributed by atoms with Gasteiger partial charge in [-0.3, -0.25) is 14.9 Å². The summed E-state index contributed by atoms with van der Waals surface area (Å²) >= 11 is 0. The number of carbonyl (C=O) groups is 1. The van der Waals surface area contributed by atoms with E-state index in [4.69, 9.17) is 0 Å². The molecule has 0 saturated heterocycles. The smallest absolute Gasteiger partial charge is 0.282 e. The number of aryl methyl sites for hydroxylation is 1. The second kappa shape index (κ2) is 5.33. The summed E-state index contributed by atoms with van der Waals surface area (Å²) in [6.45, 7) is 1.95. The highest BCUT2D eigenvalue weighted by Crippen LogP contribution is 2.22. The average Bonchev–Trinajstić information content (AvgIpc) is 2.86. The predicted molar refractivity (Wildman–Crippen MR) is 84.1 cm³/mol. The van der Waals surface area contributed by atoms with Crippen LogP contribution in [0.4, 0.5) is 11.4 Å². The summed E-state index contributed by atoms with van der Waals surface area (Å²) in [5.41, 5.74) is 2.42. The Morgan fingerprint density at radius 1 is 1.18 bits per heavy atom. The van der Waals surface area contributed by atoms with Crippen molar-refractivity contribution < 1.29 is 9.72 Å². The van der Waals surface area contributed by atoms with Crippen LogP contribution in [0.5, 0.6) is 0 Å². The highest BCUT2D eigenvalue weighted by molar-refractivity contribution is 6.07. The van der Waals surface area contributed by atoms with Gasteiger partial charge in [0, 0.05) is 28.4 Å². The Bertz CT molecular complexity index is 883. The number of rotatable bonds is 3. The van der Waals surface area contributed by atoms with Gasteiger partial charge >= 0.3 is 0 Å². The number of anilines is 1. The van der Waals surface area contributed by atoms with Gasteiger partial charge in [-0.15, -0.1) is 0 Å². The third kappa shape index (κ3) is 2.54. The van der Waals surface area contributed by atoms with Crippen LogP contribution in [-0.4, -0.2) is 15.8 Å². The first-order valence-corrected chi connectivity index (χ1v) is 6.69. The van der Waals surface area contributed by atoms with E-state index >= 15 is 0 Å². The fourth-order valence-electron chi connectivity index (χ4n) is 2.38. The molecular formula is C16H13N3O3. The third-order valence-corrected chi connectivity index (χ3v) is 3.36. The molecule has 0 aliphatic heterocycles. The number of H-pyrrole nitrogens is 1. The summed E-state index contributed by atoms with van der Waals surface area (Å²) in [4.78, 5) is 25.9. The molecule has 0 unspecified atom stereocenters. The number of aromatic amines is 1. The van der Waals surface area contributed by atoms with Crippen LogP contribution in [0.25, 0.3) is 10.9 Å². The lowest BCUT2D eigenvalue weighted by Crippen LogP contribution is -2.13. The number of carbonyl (C=O) groups excluding carboxylic acids is 1. The van der Waals surface area contributed by atoms with E-state index in [1.54, 1.807) is 12.1 Å². The topological polar surface area (TPSA) is 88.0 Å². The van der Waals surface area contributed by atoms with Crippen LogP contribution in [0.3, 0.4) is 0 Å². The van der Waals surface area contributed by atoms with E-state index in [0.717, 1.165) is 16.6 Å². The highest BCUT2D eigenvalue weighted by Gasteiger charge is 2.19. The van der Waals surface area contributed by atoms with Gasteiger partial charge in [-0.05, 0) is 37.3 Å². The van der Waals surface area contributed by atoms with Gasteiger partial charge in [0.25, 0.3) is 11.6 Å². The van der Waals surface area contributed by atoms with E-state index < -0.39 is 10.8 Å². The third-order valence-electron chi connectivity index (χ3n) is 3.36. The SMILES string of the molecule is Cc1cc2cc(NC(=O)c3ccccc3[N+](=O)[O-])ccc2[nH]1. The van der Waals surface area contributed by atoms with Crippen LogP contribution in [0.1, 0.15) is 16.1 Å². The first kappa shape index (κ1) is 13.8. The van der Waals surface area contributed by atoms with Crippen LogP contribution < -0.4 is 5.32 Å². The molecule has 0 fully saturated rings. The molecule has 2 N–H and O–H groups in total. The van der Waals surface area contributed by atoms with E-state index in [9.17, 15) is 14.9 Å². The summed E-state index contributed by atoms with van der Waals surface area (Å²) in [5, 5.41) is 14.6. The minimum atomic E-state index is -0.562. The maximum atomic E-state index is 12.3. The number of hydrogen-bond donors (Lipinski definition) is 2. The van der Waals surface area contributed by atoms with Crippen molar-refractivity contribution in [3.05, 3.63) is 69.9 Å². The number of para-hydroxylation sites is 1. The summed E-state index contributed by atoms with van der Waals surface area (Å²) in [5.74, 6) is -0.501. The number of hydrogen-bond acceptors (Lipinski definition) is 3. The van der Waals surface area contributed by atoms with Crippen LogP contribution in [0.2, 0.25) is 0 Å². The lowest BCUT2D eigenvalue weighted by Gasteiger charge is -2.06. The molecule has 1 amide bonds. The Balaban J connectivity index is 1.91. The summed E-state index contributed by atoms with van der Waals surface area (Å²) < 4.78 is 0. The average molecular weight is 295 g/mol. The van der Waals surface area contributed by atoms with Gasteiger partial charge in [0.1, 0.15) is 5.56 Å². The fraction of sp³-hybridized carbons (Fsp3) is 0.0625. The van der Waals surface area contributed by atoms with E-state index in [2.05, 4.69) is 10.3 Å². The van der Waals surface area contributed by atoms with E-state index in [-0.39, 0.29) is 11.3 Å². The number of nitro groups is 1. The molecule has 3 rings (SSSR count). The molecule has 110 valence electrons. The number of nitro benzene ring substituents is 1. The highest BCUT2D eigenvalue weighted by atomic mass is 16.6. The molecule has 22 heavy (non-hydrogen) atoms. The number of benzene rings is 2. The number of amides is 1. The Morgan fingerprint density at radius 2 is 1.95 bits per heavy atom. The summed E-state index contributed by atoms with van der Waals surface area (Å²) in [7, 11) is 0. The second-order valence-electron chi connectivity index (χ2n) is 4.98. The Kier molecular flexibility index (Phi) is 3.34.